The summed E-state index contributed by atoms with van der Waals surface area (Å²) in [4.78, 5) is 30.0. The van der Waals surface area contributed by atoms with Gasteiger partial charge < -0.3 is 9.94 Å². The van der Waals surface area contributed by atoms with Crippen LogP contribution < -0.4 is 0 Å². The van der Waals surface area contributed by atoms with Crippen LogP contribution in [-0.2, 0) is 19.7 Å². The first-order valence-electron chi connectivity index (χ1n) is 15.0. The number of esters is 1. The number of benzene rings is 1. The van der Waals surface area contributed by atoms with Gasteiger partial charge in [-0.15, -0.1) is 0 Å². The number of aliphatic imine (C=N–C) groups is 1. The van der Waals surface area contributed by atoms with E-state index in [1.54, 1.807) is 0 Å². The number of ketones is 1. The Morgan fingerprint density at radius 1 is 0.921 bits per heavy atom. The fourth-order valence-electron chi connectivity index (χ4n) is 5.94. The van der Waals surface area contributed by atoms with Gasteiger partial charge in [-0.05, 0) is 37.3 Å². The monoisotopic (exact) mass is 526 g/mol. The van der Waals surface area contributed by atoms with Gasteiger partial charge in [0.2, 0.25) is 5.71 Å². The van der Waals surface area contributed by atoms with E-state index in [0.717, 1.165) is 56.1 Å². The molecule has 1 aromatic rings. The average molecular weight is 527 g/mol. The Morgan fingerprint density at radius 3 is 2.11 bits per heavy atom. The van der Waals surface area contributed by atoms with E-state index >= 15 is 0 Å². The molecule has 6 nitrogen and oxygen atoms in total. The summed E-state index contributed by atoms with van der Waals surface area (Å²) >= 11 is 0. The van der Waals surface area contributed by atoms with E-state index in [9.17, 15) is 14.8 Å². The van der Waals surface area contributed by atoms with Gasteiger partial charge in [0.15, 0.2) is 5.78 Å². The maximum Gasteiger partial charge on any atom is 0.363 e. The number of fused-ring (bicyclic) bond motifs is 1. The lowest BCUT2D eigenvalue weighted by Gasteiger charge is -2.39. The molecule has 38 heavy (non-hydrogen) atoms. The number of unbranched alkanes of at least 4 members (excludes halogenated alkanes) is 9. The molecule has 0 bridgehead atoms. The Hall–Kier alpha value is -2.50. The van der Waals surface area contributed by atoms with Crippen LogP contribution in [0.2, 0.25) is 0 Å². The van der Waals surface area contributed by atoms with E-state index < -0.39 is 5.97 Å². The maximum atomic E-state index is 12.9. The number of carbonyl (C=O) groups excluding carboxylic acids is 2. The standard InChI is InChI=1S/C32H50N2O4/c1-5-8-9-10-11-12-13-14-15-16-19-26(35)23-38-31(36)30(34-37)29-27-20-17-18-25(4)28(27)32(21-6-2,22-7-3)24-33-29/h17-18,20,37H,5-16,19,21-24H2,1-4H3. The van der Waals surface area contributed by atoms with Gasteiger partial charge in [0.25, 0.3) is 0 Å². The van der Waals surface area contributed by atoms with Gasteiger partial charge in [-0.1, -0.05) is 115 Å². The number of hydrogen-bond donors (Lipinski definition) is 1. The lowest BCUT2D eigenvalue weighted by molar-refractivity contribution is -0.141. The van der Waals surface area contributed by atoms with Gasteiger partial charge in [0.1, 0.15) is 12.3 Å². The molecule has 1 N–H and O–H groups in total. The number of rotatable bonds is 19. The molecule has 1 aliphatic heterocycles. The number of carbonyl (C=O) groups is 2. The summed E-state index contributed by atoms with van der Waals surface area (Å²) in [5.41, 5.74) is 3.17. The molecule has 212 valence electrons. The first kappa shape index (κ1) is 31.7. The third-order valence-electron chi connectivity index (χ3n) is 7.75. The Kier molecular flexibility index (Phi) is 14.3. The van der Waals surface area contributed by atoms with Crippen molar-refractivity contribution in [2.45, 2.75) is 129 Å². The molecule has 6 heteroatoms. The number of oxime groups is 1. The van der Waals surface area contributed by atoms with E-state index in [4.69, 9.17) is 9.73 Å². The molecule has 0 amide bonds. The highest BCUT2D eigenvalue weighted by Crippen LogP contribution is 2.41. The topological polar surface area (TPSA) is 88.3 Å². The van der Waals surface area contributed by atoms with Gasteiger partial charge in [0, 0.05) is 23.9 Å². The van der Waals surface area contributed by atoms with Gasteiger partial charge in [-0.3, -0.25) is 9.79 Å². The zero-order valence-corrected chi connectivity index (χ0v) is 24.3. The number of hydrogen-bond acceptors (Lipinski definition) is 6. The average Bonchev–Trinajstić information content (AvgIpc) is 2.90. The summed E-state index contributed by atoms with van der Waals surface area (Å²) < 4.78 is 5.28. The van der Waals surface area contributed by atoms with Crippen LogP contribution in [0.15, 0.2) is 28.3 Å². The highest BCUT2D eigenvalue weighted by atomic mass is 16.5. The van der Waals surface area contributed by atoms with Crippen LogP contribution in [-0.4, -0.2) is 41.5 Å². The SMILES string of the molecule is CCCCCCCCCCCCC(=O)COC(=O)C(=NO)C1=NCC(CCC)(CCC)c2c(C)cccc21. The first-order chi connectivity index (χ1) is 18.4. The molecular formula is C32H50N2O4. The predicted molar refractivity (Wildman–Crippen MR) is 156 cm³/mol. The molecule has 0 atom stereocenters. The van der Waals surface area contributed by atoms with Crippen molar-refractivity contribution in [3.05, 3.63) is 34.9 Å². The molecule has 0 saturated heterocycles. The van der Waals surface area contributed by atoms with Crippen molar-refractivity contribution in [3.8, 4) is 0 Å². The molecule has 0 saturated carbocycles. The highest BCUT2D eigenvalue weighted by Gasteiger charge is 2.40. The molecule has 1 aliphatic rings. The van der Waals surface area contributed by atoms with Crippen molar-refractivity contribution >= 4 is 23.2 Å². The van der Waals surface area contributed by atoms with Gasteiger partial charge in [-0.2, -0.15) is 0 Å². The van der Waals surface area contributed by atoms with Crippen molar-refractivity contribution in [3.63, 3.8) is 0 Å². The summed E-state index contributed by atoms with van der Waals surface area (Å²) in [6.45, 7) is 8.91. The fourth-order valence-corrected chi connectivity index (χ4v) is 5.94. The first-order valence-corrected chi connectivity index (χ1v) is 15.0. The van der Waals surface area contributed by atoms with Crippen LogP contribution in [0.25, 0.3) is 0 Å². The summed E-state index contributed by atoms with van der Waals surface area (Å²) in [6.07, 6.45) is 16.5. The molecule has 2 rings (SSSR count). The van der Waals surface area contributed by atoms with Gasteiger partial charge in [0.05, 0.1) is 0 Å². The summed E-state index contributed by atoms with van der Waals surface area (Å²) in [6, 6.07) is 5.96. The second-order valence-electron chi connectivity index (χ2n) is 10.9. The van der Waals surface area contributed by atoms with Crippen LogP contribution in [0, 0.1) is 6.92 Å². The largest absolute Gasteiger partial charge is 0.453 e. The smallest absolute Gasteiger partial charge is 0.363 e. The third-order valence-corrected chi connectivity index (χ3v) is 7.75. The second-order valence-corrected chi connectivity index (χ2v) is 10.9. The number of nitrogens with zero attached hydrogens (tertiary/aromatic N) is 2. The molecular weight excluding hydrogens is 476 g/mol. The van der Waals surface area contributed by atoms with Gasteiger partial charge >= 0.3 is 5.97 Å². The zero-order chi connectivity index (χ0) is 27.8. The highest BCUT2D eigenvalue weighted by molar-refractivity contribution is 6.69. The zero-order valence-electron chi connectivity index (χ0n) is 24.3. The Labute approximate surface area is 230 Å². The summed E-state index contributed by atoms with van der Waals surface area (Å²) in [7, 11) is 0. The Balaban J connectivity index is 1.90. The molecule has 0 spiro atoms. The maximum absolute atomic E-state index is 12.9. The minimum absolute atomic E-state index is 0.0941. The van der Waals surface area contributed by atoms with Crippen molar-refractivity contribution in [2.75, 3.05) is 13.2 Å². The second kappa shape index (κ2) is 17.2. The normalized spacial score (nSPS) is 14.6. The van der Waals surface area contributed by atoms with E-state index in [1.807, 2.05) is 12.1 Å². The van der Waals surface area contributed by atoms with E-state index in [-0.39, 0.29) is 23.5 Å². The van der Waals surface area contributed by atoms with Crippen LogP contribution in [0.5, 0.6) is 0 Å². The molecule has 1 aromatic carbocycles. The van der Waals surface area contributed by atoms with Crippen molar-refractivity contribution in [2.24, 2.45) is 10.1 Å². The van der Waals surface area contributed by atoms with Crippen molar-refractivity contribution in [1.29, 1.82) is 0 Å². The molecule has 0 radical (unpaired) electrons. The van der Waals surface area contributed by atoms with E-state index in [2.05, 4.69) is 38.9 Å². The predicted octanol–water partition coefficient (Wildman–Crippen LogP) is 7.89. The third kappa shape index (κ3) is 9.06. The number of Topliss-reactive ketones (excluding diaryl/α,β-unsaturated/α-hetero) is 1. The minimum Gasteiger partial charge on any atom is -0.453 e. The number of aryl methyl sites for hydroxylation is 1. The van der Waals surface area contributed by atoms with Crippen molar-refractivity contribution in [1.82, 2.24) is 0 Å². The Bertz CT molecular complexity index is 945. The Morgan fingerprint density at radius 2 is 1.53 bits per heavy atom. The summed E-state index contributed by atoms with van der Waals surface area (Å²) in [5, 5.41) is 13.1. The molecule has 0 unspecified atom stereocenters. The molecule has 1 heterocycles. The fraction of sp³-hybridized carbons (Fsp3) is 0.688. The van der Waals surface area contributed by atoms with Crippen LogP contribution >= 0.6 is 0 Å². The number of ether oxygens (including phenoxy) is 1. The molecule has 0 aliphatic carbocycles. The van der Waals surface area contributed by atoms with Crippen molar-refractivity contribution < 1.29 is 19.5 Å². The minimum atomic E-state index is -0.811. The summed E-state index contributed by atoms with van der Waals surface area (Å²) in [5.74, 6) is -0.921. The van der Waals surface area contributed by atoms with Crippen LogP contribution in [0.3, 0.4) is 0 Å². The van der Waals surface area contributed by atoms with Crippen LogP contribution in [0.4, 0.5) is 0 Å². The lowest BCUT2D eigenvalue weighted by Crippen LogP contribution is -2.40. The molecule has 0 fully saturated rings. The van der Waals surface area contributed by atoms with E-state index in [1.165, 1.54) is 50.5 Å². The van der Waals surface area contributed by atoms with E-state index in [0.29, 0.717) is 18.7 Å². The lowest BCUT2D eigenvalue weighted by atomic mass is 9.68. The molecule has 0 aromatic heterocycles. The van der Waals surface area contributed by atoms with Gasteiger partial charge in [-0.25, -0.2) is 4.79 Å². The van der Waals surface area contributed by atoms with Crippen LogP contribution in [0.1, 0.15) is 134 Å². The quantitative estimate of drug-likeness (QED) is 0.0652.